The molecule has 1 aliphatic rings. The molecule has 1 atom stereocenters. The number of halogens is 1. The number of hydrogen-bond donors (Lipinski definition) is 1. The molecule has 3 nitrogen and oxygen atoms in total. The van der Waals surface area contributed by atoms with Crippen molar-refractivity contribution in [2.75, 3.05) is 18.5 Å². The largest absolute Gasteiger partial charge is 0.369 e. The molecular weight excluding hydrogens is 254 g/mol. The Bertz CT molecular complexity index is 338. The third-order valence-electron chi connectivity index (χ3n) is 3.04. The molecule has 1 fully saturated rings. The van der Waals surface area contributed by atoms with Crippen LogP contribution in [0.4, 0.5) is 5.69 Å². The summed E-state index contributed by atoms with van der Waals surface area (Å²) in [6, 6.07) is 2.48. The summed E-state index contributed by atoms with van der Waals surface area (Å²) in [5.41, 5.74) is 7.00. The lowest BCUT2D eigenvalue weighted by Crippen LogP contribution is -2.39. The zero-order chi connectivity index (χ0) is 10.8. The summed E-state index contributed by atoms with van der Waals surface area (Å²) in [7, 11) is 2.11. The molecule has 1 aliphatic carbocycles. The van der Waals surface area contributed by atoms with E-state index in [1.165, 1.54) is 18.5 Å². The molecule has 0 spiro atoms. The molecule has 0 amide bonds. The second-order valence-corrected chi connectivity index (χ2v) is 4.93. The highest BCUT2D eigenvalue weighted by atomic mass is 79.9. The van der Waals surface area contributed by atoms with Gasteiger partial charge in [-0.05, 0) is 40.8 Å². The van der Waals surface area contributed by atoms with Gasteiger partial charge >= 0.3 is 0 Å². The fourth-order valence-electron chi connectivity index (χ4n) is 1.98. The van der Waals surface area contributed by atoms with Crippen molar-refractivity contribution in [1.29, 1.82) is 0 Å². The number of nitrogens with two attached hydrogens (primary N) is 1. The first-order chi connectivity index (χ1) is 7.24. The van der Waals surface area contributed by atoms with Crippen LogP contribution in [0.5, 0.6) is 0 Å². The van der Waals surface area contributed by atoms with Gasteiger partial charge < -0.3 is 10.6 Å². The normalized spacial score (nSPS) is 17.5. The Morgan fingerprint density at radius 1 is 1.67 bits per heavy atom. The van der Waals surface area contributed by atoms with Gasteiger partial charge in [0.1, 0.15) is 0 Å². The van der Waals surface area contributed by atoms with Gasteiger partial charge in [-0.1, -0.05) is 0 Å². The Labute approximate surface area is 98.8 Å². The number of rotatable bonds is 4. The molecule has 15 heavy (non-hydrogen) atoms. The molecule has 1 heterocycles. The topological polar surface area (TPSA) is 42.2 Å². The minimum atomic E-state index is 0.462. The van der Waals surface area contributed by atoms with E-state index >= 15 is 0 Å². The van der Waals surface area contributed by atoms with Crippen molar-refractivity contribution in [1.82, 2.24) is 4.98 Å². The van der Waals surface area contributed by atoms with E-state index in [0.717, 1.165) is 16.9 Å². The van der Waals surface area contributed by atoms with Crippen LogP contribution in [0.15, 0.2) is 22.9 Å². The van der Waals surface area contributed by atoms with Crippen LogP contribution in [-0.4, -0.2) is 24.6 Å². The molecule has 1 aromatic heterocycles. The van der Waals surface area contributed by atoms with Crippen LogP contribution in [-0.2, 0) is 0 Å². The van der Waals surface area contributed by atoms with Crippen molar-refractivity contribution in [3.8, 4) is 0 Å². The Kier molecular flexibility index (Phi) is 3.26. The van der Waals surface area contributed by atoms with Gasteiger partial charge in [-0.3, -0.25) is 4.98 Å². The quantitative estimate of drug-likeness (QED) is 0.910. The van der Waals surface area contributed by atoms with E-state index in [1.54, 1.807) is 0 Å². The highest BCUT2D eigenvalue weighted by molar-refractivity contribution is 9.10. The fraction of sp³-hybridized carbons (Fsp3) is 0.545. The minimum absolute atomic E-state index is 0.462. The Hall–Kier alpha value is -0.610. The van der Waals surface area contributed by atoms with Crippen LogP contribution in [0.1, 0.15) is 12.8 Å². The van der Waals surface area contributed by atoms with Crippen molar-refractivity contribution < 1.29 is 0 Å². The SMILES string of the molecule is CN(c1ccncc1Br)C(CN)C1CC1. The van der Waals surface area contributed by atoms with E-state index in [9.17, 15) is 0 Å². The minimum Gasteiger partial charge on any atom is -0.369 e. The summed E-state index contributed by atoms with van der Waals surface area (Å²) in [6.45, 7) is 0.718. The highest BCUT2D eigenvalue weighted by Gasteiger charge is 2.33. The van der Waals surface area contributed by atoms with E-state index < -0.39 is 0 Å². The van der Waals surface area contributed by atoms with Crippen molar-refractivity contribution in [3.63, 3.8) is 0 Å². The maximum atomic E-state index is 5.83. The number of pyridine rings is 1. The molecule has 2 rings (SSSR count). The van der Waals surface area contributed by atoms with Gasteiger partial charge in [0.05, 0.1) is 10.2 Å². The first-order valence-corrected chi connectivity index (χ1v) is 6.05. The summed E-state index contributed by atoms with van der Waals surface area (Å²) in [4.78, 5) is 6.34. The third kappa shape index (κ3) is 2.32. The van der Waals surface area contributed by atoms with Crippen LogP contribution in [0.2, 0.25) is 0 Å². The number of aromatic nitrogens is 1. The lowest BCUT2D eigenvalue weighted by Gasteiger charge is -2.29. The Balaban J connectivity index is 2.18. The van der Waals surface area contributed by atoms with Crippen molar-refractivity contribution >= 4 is 21.6 Å². The molecule has 2 N–H and O–H groups in total. The van der Waals surface area contributed by atoms with Crippen LogP contribution >= 0.6 is 15.9 Å². The molecule has 1 saturated carbocycles. The molecule has 1 aromatic rings. The third-order valence-corrected chi connectivity index (χ3v) is 3.65. The summed E-state index contributed by atoms with van der Waals surface area (Å²) in [5.74, 6) is 0.778. The predicted octanol–water partition coefficient (Wildman–Crippen LogP) is 2.02. The van der Waals surface area contributed by atoms with E-state index in [1.807, 2.05) is 18.5 Å². The number of nitrogens with zero attached hydrogens (tertiary/aromatic N) is 2. The number of likely N-dealkylation sites (N-methyl/N-ethyl adjacent to an activating group) is 1. The number of anilines is 1. The Morgan fingerprint density at radius 2 is 2.40 bits per heavy atom. The van der Waals surface area contributed by atoms with Crippen LogP contribution in [0, 0.1) is 5.92 Å². The average Bonchev–Trinajstić information content (AvgIpc) is 3.03. The van der Waals surface area contributed by atoms with Gasteiger partial charge in [-0.15, -0.1) is 0 Å². The molecule has 0 radical (unpaired) electrons. The molecular formula is C11H16BrN3. The molecule has 4 heteroatoms. The Morgan fingerprint density at radius 3 is 2.93 bits per heavy atom. The van der Waals surface area contributed by atoms with Crippen molar-refractivity contribution in [2.24, 2.45) is 11.7 Å². The molecule has 82 valence electrons. The van der Waals surface area contributed by atoms with Crippen molar-refractivity contribution in [2.45, 2.75) is 18.9 Å². The average molecular weight is 270 g/mol. The van der Waals surface area contributed by atoms with Gasteiger partial charge in [-0.2, -0.15) is 0 Å². The number of hydrogen-bond acceptors (Lipinski definition) is 3. The van der Waals surface area contributed by atoms with E-state index in [2.05, 4.69) is 32.9 Å². The first kappa shape index (κ1) is 10.9. The lowest BCUT2D eigenvalue weighted by atomic mass is 10.1. The second kappa shape index (κ2) is 4.49. The molecule has 0 aliphatic heterocycles. The van der Waals surface area contributed by atoms with E-state index in [4.69, 9.17) is 5.73 Å². The molecule has 0 saturated heterocycles. The van der Waals surface area contributed by atoms with E-state index in [0.29, 0.717) is 6.04 Å². The molecule has 0 bridgehead atoms. The summed E-state index contributed by atoms with van der Waals surface area (Å²) >= 11 is 3.52. The van der Waals surface area contributed by atoms with Crippen LogP contribution < -0.4 is 10.6 Å². The van der Waals surface area contributed by atoms with Gasteiger partial charge in [0.15, 0.2) is 0 Å². The monoisotopic (exact) mass is 269 g/mol. The van der Waals surface area contributed by atoms with Crippen LogP contribution in [0.3, 0.4) is 0 Å². The summed E-state index contributed by atoms with van der Waals surface area (Å²) in [6.07, 6.45) is 6.27. The summed E-state index contributed by atoms with van der Waals surface area (Å²) in [5, 5.41) is 0. The van der Waals surface area contributed by atoms with Gasteiger partial charge in [0.25, 0.3) is 0 Å². The highest BCUT2D eigenvalue weighted by Crippen LogP contribution is 2.37. The first-order valence-electron chi connectivity index (χ1n) is 5.26. The van der Waals surface area contributed by atoms with Crippen LogP contribution in [0.25, 0.3) is 0 Å². The smallest absolute Gasteiger partial charge is 0.0592 e. The standard InChI is InChI=1S/C11H16BrN3/c1-15(11(6-13)8-2-3-8)10-4-5-14-7-9(10)12/h4-5,7-8,11H,2-3,6,13H2,1H3. The molecule has 1 unspecified atom stereocenters. The summed E-state index contributed by atoms with van der Waals surface area (Å²) < 4.78 is 1.03. The second-order valence-electron chi connectivity index (χ2n) is 4.08. The van der Waals surface area contributed by atoms with Crippen molar-refractivity contribution in [3.05, 3.63) is 22.9 Å². The predicted molar refractivity (Wildman–Crippen MR) is 65.9 cm³/mol. The van der Waals surface area contributed by atoms with Gasteiger partial charge in [0.2, 0.25) is 0 Å². The molecule has 0 aromatic carbocycles. The maximum Gasteiger partial charge on any atom is 0.0592 e. The zero-order valence-corrected chi connectivity index (χ0v) is 10.4. The van der Waals surface area contributed by atoms with E-state index in [-0.39, 0.29) is 0 Å². The lowest BCUT2D eigenvalue weighted by molar-refractivity contribution is 0.570. The van der Waals surface area contributed by atoms with Gasteiger partial charge in [0, 0.05) is 32.0 Å². The van der Waals surface area contributed by atoms with Gasteiger partial charge in [-0.25, -0.2) is 0 Å². The fourth-order valence-corrected chi connectivity index (χ4v) is 2.51. The zero-order valence-electron chi connectivity index (χ0n) is 8.86. The maximum absolute atomic E-state index is 5.83.